The quantitative estimate of drug-likeness (QED) is 0.568. The number of thiophene rings is 1. The zero-order valence-corrected chi connectivity index (χ0v) is 18.9. The van der Waals surface area contributed by atoms with E-state index < -0.39 is 9.84 Å². The summed E-state index contributed by atoms with van der Waals surface area (Å²) in [7, 11) is -1.45. The molecule has 1 fully saturated rings. The van der Waals surface area contributed by atoms with Crippen LogP contribution < -0.4 is 15.6 Å². The zero-order valence-electron chi connectivity index (χ0n) is 17.3. The number of ether oxygens (including phenoxy) is 1. The number of rotatable bonds is 8. The number of hydrogen-bond donors (Lipinski definition) is 1. The van der Waals surface area contributed by atoms with Crippen molar-refractivity contribution in [3.63, 3.8) is 0 Å². The van der Waals surface area contributed by atoms with Crippen LogP contribution in [-0.2, 0) is 16.9 Å². The number of anilines is 1. The van der Waals surface area contributed by atoms with Crippen LogP contribution in [0.15, 0.2) is 29.3 Å². The zero-order chi connectivity index (χ0) is 21.5. The van der Waals surface area contributed by atoms with E-state index in [4.69, 9.17) is 4.74 Å². The van der Waals surface area contributed by atoms with Crippen molar-refractivity contribution < 1.29 is 13.2 Å². The molecule has 1 N–H and O–H groups in total. The van der Waals surface area contributed by atoms with Crippen LogP contribution in [-0.4, -0.2) is 36.2 Å². The first-order valence-corrected chi connectivity index (χ1v) is 12.6. The third kappa shape index (κ3) is 4.37. The summed E-state index contributed by atoms with van der Waals surface area (Å²) in [5, 5.41) is 3.82. The summed E-state index contributed by atoms with van der Waals surface area (Å²) in [5.41, 5.74) is 2.14. The molecule has 0 saturated heterocycles. The number of hydrogen-bond acceptors (Lipinski definition) is 7. The van der Waals surface area contributed by atoms with Gasteiger partial charge in [0, 0.05) is 40.4 Å². The Hall–Kier alpha value is -2.39. The first-order valence-electron chi connectivity index (χ1n) is 9.94. The lowest BCUT2D eigenvalue weighted by molar-refractivity contribution is 0.290. The second-order valence-electron chi connectivity index (χ2n) is 7.74. The van der Waals surface area contributed by atoms with Crippen LogP contribution in [0.25, 0.3) is 21.2 Å². The van der Waals surface area contributed by atoms with Gasteiger partial charge < -0.3 is 14.6 Å². The maximum Gasteiger partial charge on any atom is 0.268 e. The molecular formula is C21H25N3O4S2. The number of pyridine rings is 2. The fourth-order valence-electron chi connectivity index (χ4n) is 3.20. The van der Waals surface area contributed by atoms with Crippen molar-refractivity contribution in [1.82, 2.24) is 9.55 Å². The topological polar surface area (TPSA) is 90.3 Å². The first-order chi connectivity index (χ1) is 14.3. The molecule has 0 bridgehead atoms. The molecule has 0 atom stereocenters. The molecule has 160 valence electrons. The average molecular weight is 448 g/mol. The molecule has 3 aromatic heterocycles. The summed E-state index contributed by atoms with van der Waals surface area (Å²) in [6, 6.07) is 3.86. The smallest absolute Gasteiger partial charge is 0.268 e. The Balaban J connectivity index is 1.81. The van der Waals surface area contributed by atoms with Crippen LogP contribution >= 0.6 is 11.3 Å². The molecule has 3 aromatic rings. The Kier molecular flexibility index (Phi) is 5.59. The van der Waals surface area contributed by atoms with Crippen LogP contribution in [0.2, 0.25) is 0 Å². The molecule has 0 aromatic carbocycles. The SMILES string of the molecule is CCS(=O)(=O)CNc1cnc(OCC2CC2)c(-c2cn(C)c(=O)c3sc(C)cc23)c1. The number of nitrogens with zero attached hydrogens (tertiary/aromatic N) is 2. The molecule has 1 aliphatic carbocycles. The lowest BCUT2D eigenvalue weighted by atomic mass is 10.0. The Bertz CT molecular complexity index is 1260. The molecule has 0 spiro atoms. The minimum atomic E-state index is -3.18. The first kappa shape index (κ1) is 20.9. The van der Waals surface area contributed by atoms with Crippen LogP contribution in [0, 0.1) is 12.8 Å². The summed E-state index contributed by atoms with van der Waals surface area (Å²) >= 11 is 1.47. The van der Waals surface area contributed by atoms with Gasteiger partial charge in [0.1, 0.15) is 10.6 Å². The number of aromatic nitrogens is 2. The Morgan fingerprint density at radius 2 is 2.07 bits per heavy atom. The van der Waals surface area contributed by atoms with Gasteiger partial charge in [0.15, 0.2) is 9.84 Å². The highest BCUT2D eigenvalue weighted by atomic mass is 32.2. The summed E-state index contributed by atoms with van der Waals surface area (Å²) in [5.74, 6) is 0.969. The average Bonchev–Trinajstić information content (AvgIpc) is 3.47. The lowest BCUT2D eigenvalue weighted by Crippen LogP contribution is -2.17. The molecule has 9 heteroatoms. The molecule has 0 radical (unpaired) electrons. The van der Waals surface area contributed by atoms with E-state index in [1.807, 2.05) is 19.1 Å². The Morgan fingerprint density at radius 1 is 1.30 bits per heavy atom. The monoisotopic (exact) mass is 447 g/mol. The van der Waals surface area contributed by atoms with Crippen LogP contribution in [0.1, 0.15) is 24.6 Å². The molecule has 4 rings (SSSR count). The van der Waals surface area contributed by atoms with Crippen molar-refractivity contribution in [2.45, 2.75) is 26.7 Å². The van der Waals surface area contributed by atoms with Gasteiger partial charge in [-0.15, -0.1) is 11.3 Å². The number of nitrogens with one attached hydrogen (secondary N) is 1. The van der Waals surface area contributed by atoms with E-state index in [2.05, 4.69) is 10.3 Å². The van der Waals surface area contributed by atoms with E-state index in [0.717, 1.165) is 34.2 Å². The fourth-order valence-corrected chi connectivity index (χ4v) is 4.80. The highest BCUT2D eigenvalue weighted by Crippen LogP contribution is 2.38. The van der Waals surface area contributed by atoms with E-state index >= 15 is 0 Å². The second kappa shape index (κ2) is 8.03. The third-order valence-corrected chi connectivity index (χ3v) is 7.72. The maximum atomic E-state index is 12.6. The minimum absolute atomic E-state index is 0.0384. The standard InChI is InChI=1S/C21H25N3O4S2/c1-4-30(26,27)12-23-15-8-17(20(22-9-15)28-11-14-5-6-14)18-10-24(3)21(25)19-16(18)7-13(2)29-19/h7-10,14,23H,4-6,11-12H2,1-3H3. The molecule has 30 heavy (non-hydrogen) atoms. The molecular weight excluding hydrogens is 422 g/mol. The summed E-state index contributed by atoms with van der Waals surface area (Å²) < 4.78 is 32.1. The predicted octanol–water partition coefficient (Wildman–Crippen LogP) is 3.56. The molecule has 3 heterocycles. The normalized spacial score (nSPS) is 14.2. The van der Waals surface area contributed by atoms with Crippen molar-refractivity contribution in [2.24, 2.45) is 13.0 Å². The van der Waals surface area contributed by atoms with Crippen molar-refractivity contribution in [1.29, 1.82) is 0 Å². The van der Waals surface area contributed by atoms with Crippen LogP contribution in [0.5, 0.6) is 5.88 Å². The third-order valence-electron chi connectivity index (χ3n) is 5.21. The van der Waals surface area contributed by atoms with E-state index in [0.29, 0.717) is 28.8 Å². The number of fused-ring (bicyclic) bond motifs is 1. The number of sulfone groups is 1. The summed E-state index contributed by atoms with van der Waals surface area (Å²) in [6.07, 6.45) is 5.72. The second-order valence-corrected chi connectivity index (χ2v) is 11.4. The van der Waals surface area contributed by atoms with Gasteiger partial charge in [-0.25, -0.2) is 13.4 Å². The molecule has 7 nitrogen and oxygen atoms in total. The predicted molar refractivity (Wildman–Crippen MR) is 121 cm³/mol. The van der Waals surface area contributed by atoms with Gasteiger partial charge in [-0.2, -0.15) is 0 Å². The van der Waals surface area contributed by atoms with E-state index in [1.165, 1.54) is 11.3 Å². The van der Waals surface area contributed by atoms with Gasteiger partial charge in [0.05, 0.1) is 18.5 Å². The van der Waals surface area contributed by atoms with Crippen molar-refractivity contribution in [3.05, 3.63) is 39.8 Å². The van der Waals surface area contributed by atoms with Crippen molar-refractivity contribution >= 4 is 36.9 Å². The van der Waals surface area contributed by atoms with Gasteiger partial charge in [0.2, 0.25) is 5.88 Å². The summed E-state index contributed by atoms with van der Waals surface area (Å²) in [4.78, 5) is 18.1. The fraction of sp³-hybridized carbons (Fsp3) is 0.429. The van der Waals surface area contributed by atoms with Gasteiger partial charge in [0.25, 0.3) is 5.56 Å². The summed E-state index contributed by atoms with van der Waals surface area (Å²) in [6.45, 7) is 4.20. The van der Waals surface area contributed by atoms with Gasteiger partial charge >= 0.3 is 0 Å². The van der Waals surface area contributed by atoms with E-state index in [-0.39, 0.29) is 17.2 Å². The molecule has 0 amide bonds. The molecule has 0 unspecified atom stereocenters. The van der Waals surface area contributed by atoms with Crippen LogP contribution in [0.3, 0.4) is 0 Å². The minimum Gasteiger partial charge on any atom is -0.477 e. The van der Waals surface area contributed by atoms with E-state index in [9.17, 15) is 13.2 Å². The highest BCUT2D eigenvalue weighted by molar-refractivity contribution is 7.91. The highest BCUT2D eigenvalue weighted by Gasteiger charge is 2.24. The molecule has 0 aliphatic heterocycles. The van der Waals surface area contributed by atoms with E-state index in [1.54, 1.807) is 30.9 Å². The van der Waals surface area contributed by atoms with Crippen LogP contribution in [0.4, 0.5) is 5.69 Å². The van der Waals surface area contributed by atoms with Gasteiger partial charge in [-0.1, -0.05) is 6.92 Å². The number of aryl methyl sites for hydroxylation is 2. The van der Waals surface area contributed by atoms with Crippen molar-refractivity contribution in [2.75, 3.05) is 23.6 Å². The molecule has 1 saturated carbocycles. The van der Waals surface area contributed by atoms with Gasteiger partial charge in [-0.3, -0.25) is 4.79 Å². The van der Waals surface area contributed by atoms with Crippen molar-refractivity contribution in [3.8, 4) is 17.0 Å². The maximum absolute atomic E-state index is 12.6. The van der Waals surface area contributed by atoms with Gasteiger partial charge in [-0.05, 0) is 37.8 Å². The molecule has 1 aliphatic rings. The lowest BCUT2D eigenvalue weighted by Gasteiger charge is -2.15. The Labute approximate surface area is 179 Å². The largest absolute Gasteiger partial charge is 0.477 e. The Morgan fingerprint density at radius 3 is 2.77 bits per heavy atom.